The predicted molar refractivity (Wildman–Crippen MR) is 225 cm³/mol. The average molecular weight is 704 g/mol. The predicted octanol–water partition coefficient (Wildman–Crippen LogP) is 13.4. The zero-order valence-corrected chi connectivity index (χ0v) is 29.8. The zero-order chi connectivity index (χ0) is 36.6. The fraction of sp³-hybridized carbons (Fsp3) is 0. The van der Waals surface area contributed by atoms with E-state index < -0.39 is 0 Å². The minimum Gasteiger partial charge on any atom is -0.456 e. The van der Waals surface area contributed by atoms with Crippen LogP contribution in [0.4, 0.5) is 0 Å². The quantitative estimate of drug-likeness (QED) is 0.166. The molecule has 0 N–H and O–H groups in total. The minimum absolute atomic E-state index is 0.611. The molecule has 4 nitrogen and oxygen atoms in total. The number of nitrogens with zero attached hydrogens (tertiary/aromatic N) is 3. The summed E-state index contributed by atoms with van der Waals surface area (Å²) in [7, 11) is 0. The van der Waals surface area contributed by atoms with Crippen molar-refractivity contribution >= 4 is 21.9 Å². The van der Waals surface area contributed by atoms with E-state index in [1.165, 1.54) is 11.1 Å². The highest BCUT2D eigenvalue weighted by Gasteiger charge is 2.18. The van der Waals surface area contributed by atoms with E-state index in [4.69, 9.17) is 19.4 Å². The molecule has 10 aromatic rings. The Morgan fingerprint density at radius 3 is 1.29 bits per heavy atom. The number of rotatable bonds is 7. The van der Waals surface area contributed by atoms with E-state index in [-0.39, 0.29) is 0 Å². The van der Waals surface area contributed by atoms with Crippen molar-refractivity contribution in [3.8, 4) is 78.7 Å². The van der Waals surface area contributed by atoms with Crippen LogP contribution in [0.5, 0.6) is 0 Å². The van der Waals surface area contributed by atoms with Gasteiger partial charge in [0.05, 0.1) is 0 Å². The van der Waals surface area contributed by atoms with Crippen molar-refractivity contribution in [3.63, 3.8) is 0 Å². The molecule has 4 heteroatoms. The first kappa shape index (κ1) is 32.2. The zero-order valence-electron chi connectivity index (χ0n) is 29.8. The largest absolute Gasteiger partial charge is 0.456 e. The lowest BCUT2D eigenvalue weighted by atomic mass is 9.96. The van der Waals surface area contributed by atoms with E-state index in [0.717, 1.165) is 72.0 Å². The molecular formula is C51H33N3O. The van der Waals surface area contributed by atoms with Gasteiger partial charge in [0.2, 0.25) is 0 Å². The molecule has 0 radical (unpaired) electrons. The second-order valence-corrected chi connectivity index (χ2v) is 13.6. The number of hydrogen-bond donors (Lipinski definition) is 0. The van der Waals surface area contributed by atoms with Crippen LogP contribution >= 0.6 is 0 Å². The molecular weight excluding hydrogens is 671 g/mol. The molecule has 0 bridgehead atoms. The molecule has 0 amide bonds. The first-order chi connectivity index (χ1) is 27.2. The van der Waals surface area contributed by atoms with E-state index in [9.17, 15) is 0 Å². The second-order valence-electron chi connectivity index (χ2n) is 13.6. The van der Waals surface area contributed by atoms with Gasteiger partial charge in [-0.25, -0.2) is 15.0 Å². The van der Waals surface area contributed by atoms with Crippen molar-refractivity contribution in [3.05, 3.63) is 200 Å². The van der Waals surface area contributed by atoms with E-state index in [1.807, 2.05) is 42.5 Å². The average Bonchev–Trinajstić information content (AvgIpc) is 3.65. The molecule has 0 unspecified atom stereocenters. The monoisotopic (exact) mass is 703 g/mol. The van der Waals surface area contributed by atoms with Crippen LogP contribution in [0.15, 0.2) is 205 Å². The Morgan fingerprint density at radius 1 is 0.255 bits per heavy atom. The molecule has 2 heterocycles. The van der Waals surface area contributed by atoms with Gasteiger partial charge >= 0.3 is 0 Å². The Morgan fingerprint density at radius 2 is 0.655 bits per heavy atom. The molecule has 0 saturated carbocycles. The summed E-state index contributed by atoms with van der Waals surface area (Å²) in [5.74, 6) is 1.85. The van der Waals surface area contributed by atoms with Gasteiger partial charge in [-0.05, 0) is 62.7 Å². The number of fused-ring (bicyclic) bond motifs is 3. The van der Waals surface area contributed by atoms with Crippen LogP contribution in [0.2, 0.25) is 0 Å². The number of aromatic nitrogens is 3. The van der Waals surface area contributed by atoms with Gasteiger partial charge in [-0.2, -0.15) is 0 Å². The third-order valence-corrected chi connectivity index (χ3v) is 10.2. The summed E-state index contributed by atoms with van der Waals surface area (Å²) in [5.41, 5.74) is 13.5. The summed E-state index contributed by atoms with van der Waals surface area (Å²) in [6, 6.07) is 69.3. The molecule has 0 aliphatic carbocycles. The summed E-state index contributed by atoms with van der Waals surface area (Å²) in [6.45, 7) is 0. The molecule has 55 heavy (non-hydrogen) atoms. The molecule has 2 aromatic heterocycles. The smallest absolute Gasteiger partial charge is 0.164 e. The van der Waals surface area contributed by atoms with E-state index in [1.54, 1.807) is 0 Å². The maximum atomic E-state index is 6.09. The van der Waals surface area contributed by atoms with E-state index in [0.29, 0.717) is 17.5 Å². The van der Waals surface area contributed by atoms with Crippen molar-refractivity contribution < 1.29 is 4.42 Å². The normalized spacial score (nSPS) is 11.3. The summed E-state index contributed by atoms with van der Waals surface area (Å²) < 4.78 is 6.09. The summed E-state index contributed by atoms with van der Waals surface area (Å²) >= 11 is 0. The molecule has 8 aromatic carbocycles. The minimum atomic E-state index is 0.611. The SMILES string of the molecule is c1ccc(-c2ccc(-c3ccccc3-c3nc(-c4ccc(-c5ccc6oc7ccccc7c6c5)cc4)nc(-c4ccccc4-c4ccccc4)n3)cc2)cc1. The van der Waals surface area contributed by atoms with Crippen molar-refractivity contribution in [2.45, 2.75) is 0 Å². The fourth-order valence-corrected chi connectivity index (χ4v) is 7.41. The van der Waals surface area contributed by atoms with Gasteiger partial charge < -0.3 is 4.42 Å². The molecule has 0 aliphatic heterocycles. The van der Waals surface area contributed by atoms with Crippen molar-refractivity contribution in [1.29, 1.82) is 0 Å². The lowest BCUT2D eigenvalue weighted by molar-refractivity contribution is 0.669. The Hall–Kier alpha value is -7.43. The van der Waals surface area contributed by atoms with Crippen molar-refractivity contribution in [1.82, 2.24) is 15.0 Å². The molecule has 0 atom stereocenters. The van der Waals surface area contributed by atoms with Gasteiger partial charge in [-0.15, -0.1) is 0 Å². The Kier molecular flexibility index (Phi) is 8.12. The number of para-hydroxylation sites is 1. The first-order valence-electron chi connectivity index (χ1n) is 18.4. The van der Waals surface area contributed by atoms with Crippen molar-refractivity contribution in [2.75, 3.05) is 0 Å². The lowest BCUT2D eigenvalue weighted by Crippen LogP contribution is -2.02. The summed E-state index contributed by atoms with van der Waals surface area (Å²) in [6.07, 6.45) is 0. The van der Waals surface area contributed by atoms with Crippen LogP contribution in [0.1, 0.15) is 0 Å². The van der Waals surface area contributed by atoms with Crippen LogP contribution in [0.3, 0.4) is 0 Å². The van der Waals surface area contributed by atoms with Gasteiger partial charge in [-0.1, -0.05) is 182 Å². The van der Waals surface area contributed by atoms with E-state index in [2.05, 4.69) is 158 Å². The third kappa shape index (κ3) is 6.16. The van der Waals surface area contributed by atoms with Gasteiger partial charge in [0, 0.05) is 27.5 Å². The van der Waals surface area contributed by atoms with Gasteiger partial charge in [0.1, 0.15) is 11.2 Å². The number of hydrogen-bond acceptors (Lipinski definition) is 4. The standard InChI is InChI=1S/C51H33N3O/c1-3-13-34(14-4-1)35-23-27-38(28-24-35)42-18-8-10-21-45(42)51-53-49(52-50(54-51)44-20-9-7-17-41(44)37-15-5-2-6-16-37)39-29-25-36(26-30-39)40-31-32-48-46(33-40)43-19-11-12-22-47(43)55-48/h1-33H. The summed E-state index contributed by atoms with van der Waals surface area (Å²) in [4.78, 5) is 15.6. The van der Waals surface area contributed by atoms with Gasteiger partial charge in [-0.3, -0.25) is 0 Å². The van der Waals surface area contributed by atoms with Crippen LogP contribution in [-0.2, 0) is 0 Å². The Labute approximate surface area is 319 Å². The second kappa shape index (κ2) is 13.8. The number of furan rings is 1. The first-order valence-corrected chi connectivity index (χ1v) is 18.4. The molecule has 0 fully saturated rings. The highest BCUT2D eigenvalue weighted by molar-refractivity contribution is 6.06. The van der Waals surface area contributed by atoms with Crippen molar-refractivity contribution in [2.24, 2.45) is 0 Å². The third-order valence-electron chi connectivity index (χ3n) is 10.2. The van der Waals surface area contributed by atoms with Gasteiger partial charge in [0.15, 0.2) is 17.5 Å². The highest BCUT2D eigenvalue weighted by atomic mass is 16.3. The molecule has 0 saturated heterocycles. The maximum Gasteiger partial charge on any atom is 0.164 e. The van der Waals surface area contributed by atoms with Crippen LogP contribution < -0.4 is 0 Å². The molecule has 258 valence electrons. The Bertz CT molecular complexity index is 2950. The lowest BCUT2D eigenvalue weighted by Gasteiger charge is -2.14. The number of benzene rings is 8. The van der Waals surface area contributed by atoms with Gasteiger partial charge in [0.25, 0.3) is 0 Å². The Balaban J connectivity index is 1.09. The molecule has 0 aliphatic rings. The topological polar surface area (TPSA) is 51.8 Å². The van der Waals surface area contributed by atoms with E-state index >= 15 is 0 Å². The molecule has 0 spiro atoms. The van der Waals surface area contributed by atoms with Crippen LogP contribution in [0.25, 0.3) is 101 Å². The molecule has 10 rings (SSSR count). The maximum absolute atomic E-state index is 6.09. The fourth-order valence-electron chi connectivity index (χ4n) is 7.41. The highest BCUT2D eigenvalue weighted by Crippen LogP contribution is 2.37. The summed E-state index contributed by atoms with van der Waals surface area (Å²) in [5, 5.41) is 2.22. The van der Waals surface area contributed by atoms with Crippen LogP contribution in [0, 0.1) is 0 Å². The van der Waals surface area contributed by atoms with Crippen LogP contribution in [-0.4, -0.2) is 15.0 Å².